The third kappa shape index (κ3) is 3.80. The molecule has 1 heterocycles. The average Bonchev–Trinajstić information content (AvgIpc) is 2.61. The van der Waals surface area contributed by atoms with Crippen LogP contribution in [0.15, 0.2) is 0 Å². The first-order valence-electron chi connectivity index (χ1n) is 4.59. The van der Waals surface area contributed by atoms with Crippen molar-refractivity contribution in [1.29, 1.82) is 0 Å². The number of rotatable bonds is 5. The van der Waals surface area contributed by atoms with Crippen LogP contribution in [0.2, 0.25) is 0 Å². The van der Waals surface area contributed by atoms with Gasteiger partial charge in [-0.1, -0.05) is 11.3 Å². The summed E-state index contributed by atoms with van der Waals surface area (Å²) in [5, 5.41) is 11.3. The molecule has 0 spiro atoms. The lowest BCUT2D eigenvalue weighted by Gasteiger charge is -2.09. The molecule has 1 amide bonds. The highest BCUT2D eigenvalue weighted by atomic mass is 32.1. The minimum atomic E-state index is -0.187. The second kappa shape index (κ2) is 5.62. The van der Waals surface area contributed by atoms with Gasteiger partial charge in [0, 0.05) is 6.61 Å². The van der Waals surface area contributed by atoms with Crippen molar-refractivity contribution in [3.63, 3.8) is 0 Å². The Labute approximate surface area is 91.8 Å². The van der Waals surface area contributed by atoms with Crippen molar-refractivity contribution >= 4 is 22.4 Å². The van der Waals surface area contributed by atoms with Crippen LogP contribution in [-0.4, -0.2) is 29.3 Å². The van der Waals surface area contributed by atoms with Crippen molar-refractivity contribution in [3.8, 4) is 0 Å². The highest BCUT2D eigenvalue weighted by molar-refractivity contribution is 7.15. The Kier molecular flexibility index (Phi) is 4.44. The molecule has 1 rings (SSSR count). The molecule has 3 N–H and O–H groups in total. The number of anilines is 1. The topological polar surface area (TPSA) is 90.1 Å². The quantitative estimate of drug-likeness (QED) is 0.761. The molecule has 0 aliphatic carbocycles. The van der Waals surface area contributed by atoms with E-state index >= 15 is 0 Å². The predicted molar refractivity (Wildman–Crippen MR) is 57.4 cm³/mol. The summed E-state index contributed by atoms with van der Waals surface area (Å²) in [6.07, 6.45) is 0. The first-order valence-corrected chi connectivity index (χ1v) is 5.41. The molecule has 0 aromatic carbocycles. The maximum atomic E-state index is 11.3. The average molecular weight is 230 g/mol. The van der Waals surface area contributed by atoms with E-state index in [1.165, 1.54) is 11.3 Å². The van der Waals surface area contributed by atoms with E-state index in [4.69, 9.17) is 10.5 Å². The summed E-state index contributed by atoms with van der Waals surface area (Å²) in [7, 11) is 0. The third-order valence-corrected chi connectivity index (χ3v) is 2.58. The van der Waals surface area contributed by atoms with Gasteiger partial charge >= 0.3 is 0 Å². The van der Waals surface area contributed by atoms with E-state index in [-0.39, 0.29) is 18.6 Å². The number of nitrogen functional groups attached to an aromatic ring is 1. The molecule has 1 aromatic heterocycles. The van der Waals surface area contributed by atoms with Gasteiger partial charge in [0.2, 0.25) is 11.0 Å². The minimum absolute atomic E-state index is 0.0646. The minimum Gasteiger partial charge on any atom is -0.374 e. The molecular formula is C8H14N4O2S. The number of carbonyl (C=O) groups excluding carboxylic acids is 1. The van der Waals surface area contributed by atoms with Crippen LogP contribution < -0.4 is 11.1 Å². The van der Waals surface area contributed by atoms with Gasteiger partial charge in [-0.05, 0) is 13.8 Å². The number of nitrogens with two attached hydrogens (primary N) is 1. The van der Waals surface area contributed by atoms with E-state index in [1.807, 2.05) is 13.8 Å². The Balaban J connectivity index is 2.41. The summed E-state index contributed by atoms with van der Waals surface area (Å²) in [4.78, 5) is 11.3. The fraction of sp³-hybridized carbons (Fsp3) is 0.625. The number of hydrogen-bond acceptors (Lipinski definition) is 6. The second-order valence-electron chi connectivity index (χ2n) is 2.90. The van der Waals surface area contributed by atoms with Gasteiger partial charge in [-0.3, -0.25) is 4.79 Å². The SMILES string of the molecule is CCOCC(=O)N[C@@H](C)c1nnc(N)s1. The molecule has 7 heteroatoms. The zero-order chi connectivity index (χ0) is 11.3. The molecule has 0 saturated heterocycles. The first kappa shape index (κ1) is 11.9. The van der Waals surface area contributed by atoms with Gasteiger partial charge in [0.25, 0.3) is 0 Å². The van der Waals surface area contributed by atoms with Crippen LogP contribution in [0.3, 0.4) is 0 Å². The number of carbonyl (C=O) groups is 1. The monoisotopic (exact) mass is 230 g/mol. The van der Waals surface area contributed by atoms with Crippen molar-refractivity contribution in [2.24, 2.45) is 0 Å². The Hall–Kier alpha value is -1.21. The molecule has 0 radical (unpaired) electrons. The molecule has 0 aliphatic rings. The smallest absolute Gasteiger partial charge is 0.246 e. The van der Waals surface area contributed by atoms with Gasteiger partial charge in [0.05, 0.1) is 6.04 Å². The largest absolute Gasteiger partial charge is 0.374 e. The van der Waals surface area contributed by atoms with Crippen molar-refractivity contribution in [3.05, 3.63) is 5.01 Å². The van der Waals surface area contributed by atoms with E-state index in [1.54, 1.807) is 0 Å². The molecule has 15 heavy (non-hydrogen) atoms. The summed E-state index contributed by atoms with van der Waals surface area (Å²) in [5.74, 6) is -0.168. The zero-order valence-electron chi connectivity index (χ0n) is 8.69. The van der Waals surface area contributed by atoms with Crippen molar-refractivity contribution in [1.82, 2.24) is 15.5 Å². The number of ether oxygens (including phenoxy) is 1. The van der Waals surface area contributed by atoms with Crippen molar-refractivity contribution in [2.75, 3.05) is 18.9 Å². The fourth-order valence-electron chi connectivity index (χ4n) is 0.961. The molecule has 0 fully saturated rings. The number of aromatic nitrogens is 2. The molecule has 0 unspecified atom stereocenters. The Morgan fingerprint density at radius 3 is 2.93 bits per heavy atom. The highest BCUT2D eigenvalue weighted by Crippen LogP contribution is 2.18. The van der Waals surface area contributed by atoms with Gasteiger partial charge in [0.15, 0.2) is 0 Å². The molecule has 0 aliphatic heterocycles. The highest BCUT2D eigenvalue weighted by Gasteiger charge is 2.13. The molecular weight excluding hydrogens is 216 g/mol. The van der Waals surface area contributed by atoms with Gasteiger partial charge in [-0.25, -0.2) is 0 Å². The number of amides is 1. The molecule has 84 valence electrons. The summed E-state index contributed by atoms with van der Waals surface area (Å²) >= 11 is 1.26. The number of hydrogen-bond donors (Lipinski definition) is 2. The maximum absolute atomic E-state index is 11.3. The predicted octanol–water partition coefficient (Wildman–Crippen LogP) is 0.334. The Bertz CT molecular complexity index is 328. The van der Waals surface area contributed by atoms with Crippen LogP contribution in [0.5, 0.6) is 0 Å². The van der Waals surface area contributed by atoms with Crippen LogP contribution in [-0.2, 0) is 9.53 Å². The number of nitrogens with zero attached hydrogens (tertiary/aromatic N) is 2. The van der Waals surface area contributed by atoms with Crippen LogP contribution >= 0.6 is 11.3 Å². The molecule has 0 bridgehead atoms. The second-order valence-corrected chi connectivity index (χ2v) is 3.95. The van der Waals surface area contributed by atoms with E-state index in [2.05, 4.69) is 15.5 Å². The fourth-order valence-corrected chi connectivity index (χ4v) is 1.57. The Morgan fingerprint density at radius 2 is 2.40 bits per heavy atom. The Morgan fingerprint density at radius 1 is 1.67 bits per heavy atom. The molecule has 1 atom stereocenters. The van der Waals surface area contributed by atoms with Gasteiger partial charge in [-0.2, -0.15) is 0 Å². The van der Waals surface area contributed by atoms with E-state index < -0.39 is 0 Å². The maximum Gasteiger partial charge on any atom is 0.246 e. The van der Waals surface area contributed by atoms with Crippen LogP contribution in [0, 0.1) is 0 Å². The zero-order valence-corrected chi connectivity index (χ0v) is 9.50. The molecule has 1 aromatic rings. The van der Waals surface area contributed by atoms with Gasteiger partial charge in [-0.15, -0.1) is 10.2 Å². The van der Waals surface area contributed by atoms with Crippen LogP contribution in [0.4, 0.5) is 5.13 Å². The molecule has 6 nitrogen and oxygen atoms in total. The van der Waals surface area contributed by atoms with Crippen molar-refractivity contribution in [2.45, 2.75) is 19.9 Å². The van der Waals surface area contributed by atoms with E-state index in [9.17, 15) is 4.79 Å². The lowest BCUT2D eigenvalue weighted by Crippen LogP contribution is -2.30. The summed E-state index contributed by atoms with van der Waals surface area (Å²) in [5.41, 5.74) is 5.43. The number of nitrogens with one attached hydrogen (secondary N) is 1. The third-order valence-electron chi connectivity index (χ3n) is 1.64. The summed E-state index contributed by atoms with van der Waals surface area (Å²) < 4.78 is 4.97. The normalized spacial score (nSPS) is 12.4. The molecule has 0 saturated carbocycles. The lowest BCUT2D eigenvalue weighted by molar-refractivity contribution is -0.126. The summed E-state index contributed by atoms with van der Waals surface area (Å²) in [6, 6.07) is -0.187. The van der Waals surface area contributed by atoms with E-state index in [0.717, 1.165) is 0 Å². The van der Waals surface area contributed by atoms with Gasteiger partial charge < -0.3 is 15.8 Å². The van der Waals surface area contributed by atoms with Crippen LogP contribution in [0.25, 0.3) is 0 Å². The van der Waals surface area contributed by atoms with E-state index in [0.29, 0.717) is 16.7 Å². The lowest BCUT2D eigenvalue weighted by atomic mass is 10.3. The summed E-state index contributed by atoms with van der Waals surface area (Å²) in [6.45, 7) is 4.24. The van der Waals surface area contributed by atoms with Crippen molar-refractivity contribution < 1.29 is 9.53 Å². The first-order chi connectivity index (χ1) is 7.13. The van der Waals surface area contributed by atoms with Gasteiger partial charge in [0.1, 0.15) is 11.6 Å². The van der Waals surface area contributed by atoms with Crippen LogP contribution in [0.1, 0.15) is 24.9 Å². The standard InChI is InChI=1S/C8H14N4O2S/c1-3-14-4-6(13)10-5(2)7-11-12-8(9)15-7/h5H,3-4H2,1-2H3,(H2,9,12)(H,10,13)/t5-/m0/s1.